The minimum atomic E-state index is -3.44. The normalized spacial score (nSPS) is 14.1. The zero-order valence-corrected chi connectivity index (χ0v) is 11.0. The Morgan fingerprint density at radius 1 is 1.31 bits per heavy atom. The van der Waals surface area contributed by atoms with Crippen molar-refractivity contribution in [3.8, 4) is 0 Å². The highest BCUT2D eigenvalue weighted by Crippen LogP contribution is 2.22. The van der Waals surface area contributed by atoms with Gasteiger partial charge in [-0.15, -0.1) is 0 Å². The second-order valence-corrected chi connectivity index (χ2v) is 5.97. The van der Waals surface area contributed by atoms with E-state index in [1.54, 1.807) is 25.1 Å². The van der Waals surface area contributed by atoms with Crippen LogP contribution in [0.15, 0.2) is 24.3 Å². The molecule has 1 aromatic rings. The Bertz CT molecular complexity index is 460. The maximum atomic E-state index is 11.6. The third-order valence-electron chi connectivity index (χ3n) is 2.18. The molecule has 0 aromatic heterocycles. The van der Waals surface area contributed by atoms with Gasteiger partial charge in [0.15, 0.2) is 0 Å². The van der Waals surface area contributed by atoms with Crippen molar-refractivity contribution in [1.29, 1.82) is 0 Å². The van der Waals surface area contributed by atoms with Crippen LogP contribution in [0.4, 0.5) is 0 Å². The lowest BCUT2D eigenvalue weighted by molar-refractivity contribution is 0.494. The molecule has 0 radical (unpaired) electrons. The molecule has 4 nitrogen and oxygen atoms in total. The molecule has 0 fully saturated rings. The minimum Gasteiger partial charge on any atom is -0.195 e. The maximum Gasteiger partial charge on any atom is 0.279 e. The molecular weight excluding hydrogens is 248 g/mol. The van der Waals surface area contributed by atoms with Crippen LogP contribution in [0.3, 0.4) is 0 Å². The minimum absolute atomic E-state index is 0.360. The van der Waals surface area contributed by atoms with E-state index in [0.717, 1.165) is 9.87 Å². The average Bonchev–Trinajstić information content (AvgIpc) is 2.17. The van der Waals surface area contributed by atoms with E-state index in [9.17, 15) is 8.42 Å². The Morgan fingerprint density at radius 3 is 2.38 bits per heavy atom. The molecule has 0 bridgehead atoms. The van der Waals surface area contributed by atoms with E-state index in [2.05, 4.69) is 4.72 Å². The van der Waals surface area contributed by atoms with Crippen molar-refractivity contribution < 1.29 is 8.42 Å². The van der Waals surface area contributed by atoms with E-state index < -0.39 is 10.2 Å². The summed E-state index contributed by atoms with van der Waals surface area (Å²) in [7, 11) is -0.490. The van der Waals surface area contributed by atoms with Crippen LogP contribution >= 0.6 is 11.6 Å². The molecule has 0 aliphatic heterocycles. The molecule has 1 atom stereocenters. The van der Waals surface area contributed by atoms with Crippen molar-refractivity contribution in [3.05, 3.63) is 34.9 Å². The summed E-state index contributed by atoms with van der Waals surface area (Å²) in [5.41, 5.74) is 0.759. The summed E-state index contributed by atoms with van der Waals surface area (Å²) in [5.74, 6) is 0. The second-order valence-electron chi connectivity index (χ2n) is 3.65. The highest BCUT2D eigenvalue weighted by molar-refractivity contribution is 7.87. The van der Waals surface area contributed by atoms with Gasteiger partial charge in [-0.1, -0.05) is 29.8 Å². The number of hydrogen-bond donors (Lipinski definition) is 1. The van der Waals surface area contributed by atoms with Crippen LogP contribution in [0.1, 0.15) is 18.5 Å². The van der Waals surface area contributed by atoms with Gasteiger partial charge >= 0.3 is 0 Å². The van der Waals surface area contributed by atoms with Gasteiger partial charge in [0.2, 0.25) is 0 Å². The number of halogens is 1. The van der Waals surface area contributed by atoms with Crippen LogP contribution in [-0.4, -0.2) is 26.8 Å². The van der Waals surface area contributed by atoms with Gasteiger partial charge in [-0.25, -0.2) is 0 Å². The number of benzene rings is 1. The molecule has 1 unspecified atom stereocenters. The monoisotopic (exact) mass is 262 g/mol. The summed E-state index contributed by atoms with van der Waals surface area (Å²) in [6.07, 6.45) is 0. The van der Waals surface area contributed by atoms with Crippen molar-refractivity contribution in [2.75, 3.05) is 14.1 Å². The molecule has 0 saturated heterocycles. The Hall–Kier alpha value is -0.620. The van der Waals surface area contributed by atoms with Crippen molar-refractivity contribution in [3.63, 3.8) is 0 Å². The van der Waals surface area contributed by atoms with Crippen molar-refractivity contribution in [2.24, 2.45) is 0 Å². The van der Waals surface area contributed by atoms with Gasteiger partial charge in [0.25, 0.3) is 10.2 Å². The fraction of sp³-hybridized carbons (Fsp3) is 0.400. The van der Waals surface area contributed by atoms with Crippen molar-refractivity contribution >= 4 is 21.8 Å². The molecule has 1 N–H and O–H groups in total. The summed E-state index contributed by atoms with van der Waals surface area (Å²) < 4.78 is 26.8. The smallest absolute Gasteiger partial charge is 0.195 e. The van der Waals surface area contributed by atoms with Crippen LogP contribution in [0.25, 0.3) is 0 Å². The van der Waals surface area contributed by atoms with Crippen molar-refractivity contribution in [1.82, 2.24) is 9.03 Å². The summed E-state index contributed by atoms with van der Waals surface area (Å²) >= 11 is 5.98. The average molecular weight is 263 g/mol. The summed E-state index contributed by atoms with van der Waals surface area (Å²) in [6, 6.07) is 6.80. The van der Waals surface area contributed by atoms with Gasteiger partial charge in [-0.05, 0) is 18.6 Å². The van der Waals surface area contributed by atoms with Crippen LogP contribution in [-0.2, 0) is 10.2 Å². The van der Waals surface area contributed by atoms with Gasteiger partial charge in [-0.2, -0.15) is 17.4 Å². The number of rotatable bonds is 4. The molecule has 0 aliphatic rings. The van der Waals surface area contributed by atoms with Gasteiger partial charge in [-0.3, -0.25) is 0 Å². The Balaban J connectivity index is 2.89. The first-order valence-corrected chi connectivity index (χ1v) is 6.60. The lowest BCUT2D eigenvalue weighted by Crippen LogP contribution is -2.37. The van der Waals surface area contributed by atoms with Crippen LogP contribution in [0, 0.1) is 0 Å². The van der Waals surface area contributed by atoms with Crippen LogP contribution in [0.5, 0.6) is 0 Å². The Kier molecular flexibility index (Phi) is 4.32. The molecule has 1 aromatic carbocycles. The molecule has 0 spiro atoms. The van der Waals surface area contributed by atoms with E-state index in [4.69, 9.17) is 11.6 Å². The highest BCUT2D eigenvalue weighted by Gasteiger charge is 2.18. The molecule has 0 aliphatic carbocycles. The van der Waals surface area contributed by atoms with E-state index in [1.807, 2.05) is 6.07 Å². The highest BCUT2D eigenvalue weighted by atomic mass is 35.5. The third-order valence-corrected chi connectivity index (χ3v) is 4.14. The molecular formula is C10H15ClN2O2S. The zero-order chi connectivity index (χ0) is 12.3. The van der Waals surface area contributed by atoms with E-state index in [1.165, 1.54) is 14.1 Å². The predicted octanol–water partition coefficient (Wildman–Crippen LogP) is 1.80. The molecule has 1 rings (SSSR count). The summed E-state index contributed by atoms with van der Waals surface area (Å²) in [6.45, 7) is 1.75. The van der Waals surface area contributed by atoms with E-state index in [-0.39, 0.29) is 6.04 Å². The first kappa shape index (κ1) is 13.4. The number of nitrogens with one attached hydrogen (secondary N) is 1. The van der Waals surface area contributed by atoms with E-state index in [0.29, 0.717) is 5.02 Å². The van der Waals surface area contributed by atoms with Gasteiger partial charge < -0.3 is 0 Å². The molecule has 0 heterocycles. The quantitative estimate of drug-likeness (QED) is 0.900. The van der Waals surface area contributed by atoms with Gasteiger partial charge in [0.1, 0.15) is 0 Å². The SMILES string of the molecule is CC(NS(=O)(=O)N(C)C)c1ccccc1Cl. The largest absolute Gasteiger partial charge is 0.279 e. The number of hydrogen-bond acceptors (Lipinski definition) is 2. The maximum absolute atomic E-state index is 11.6. The van der Waals surface area contributed by atoms with Gasteiger partial charge in [0, 0.05) is 25.2 Å². The third kappa shape index (κ3) is 3.18. The second kappa shape index (κ2) is 5.14. The summed E-state index contributed by atoms with van der Waals surface area (Å²) in [4.78, 5) is 0. The first-order chi connectivity index (χ1) is 7.34. The Labute approximate surface area is 101 Å². The first-order valence-electron chi connectivity index (χ1n) is 4.79. The number of nitrogens with zero attached hydrogens (tertiary/aromatic N) is 1. The van der Waals surface area contributed by atoms with Crippen LogP contribution in [0.2, 0.25) is 5.02 Å². The Morgan fingerprint density at radius 2 is 1.88 bits per heavy atom. The topological polar surface area (TPSA) is 49.4 Å². The fourth-order valence-corrected chi connectivity index (χ4v) is 2.30. The van der Waals surface area contributed by atoms with Gasteiger partial charge in [0.05, 0.1) is 0 Å². The summed E-state index contributed by atoms with van der Waals surface area (Å²) in [5, 5.41) is 0.552. The molecule has 16 heavy (non-hydrogen) atoms. The molecule has 90 valence electrons. The zero-order valence-electron chi connectivity index (χ0n) is 9.44. The molecule has 0 saturated carbocycles. The molecule has 0 amide bonds. The lowest BCUT2D eigenvalue weighted by Gasteiger charge is -2.18. The van der Waals surface area contributed by atoms with Crippen LogP contribution < -0.4 is 4.72 Å². The fourth-order valence-electron chi connectivity index (χ4n) is 1.22. The lowest BCUT2D eigenvalue weighted by atomic mass is 10.1. The van der Waals surface area contributed by atoms with Crippen molar-refractivity contribution in [2.45, 2.75) is 13.0 Å². The predicted molar refractivity (Wildman–Crippen MR) is 65.6 cm³/mol. The molecule has 6 heteroatoms. The van der Waals surface area contributed by atoms with E-state index >= 15 is 0 Å². The standard InChI is InChI=1S/C10H15ClN2O2S/c1-8(12-16(14,15)13(2)3)9-6-4-5-7-10(9)11/h4-8,12H,1-3H3.